The van der Waals surface area contributed by atoms with Gasteiger partial charge in [0.05, 0.1) is 0 Å². The molecule has 0 saturated carbocycles. The normalized spacial score (nSPS) is 13.3. The van der Waals surface area contributed by atoms with Crippen molar-refractivity contribution < 1.29 is 64.3 Å². The van der Waals surface area contributed by atoms with E-state index in [1.807, 2.05) is 0 Å². The molecular formula is C6H10BF3K. The van der Waals surface area contributed by atoms with Gasteiger partial charge in [0.2, 0.25) is 0 Å². The Bertz CT molecular complexity index is 118. The van der Waals surface area contributed by atoms with Crippen LogP contribution in [-0.4, -0.2) is 6.98 Å². The van der Waals surface area contributed by atoms with Crippen molar-refractivity contribution in [2.24, 2.45) is 5.41 Å². The summed E-state index contributed by atoms with van der Waals surface area (Å²) in [7, 11) is 0. The smallest absolute Gasteiger partial charge is 0.445 e. The van der Waals surface area contributed by atoms with E-state index in [9.17, 15) is 12.9 Å². The molecule has 0 aliphatic rings. The van der Waals surface area contributed by atoms with Crippen molar-refractivity contribution in [2.75, 3.05) is 0 Å². The predicted octanol–water partition coefficient (Wildman–Crippen LogP) is -0.218. The summed E-state index contributed by atoms with van der Waals surface area (Å²) in [6, 6.07) is 0. The third-order valence-electron chi connectivity index (χ3n) is 0.705. The van der Waals surface area contributed by atoms with Crippen molar-refractivity contribution in [3.05, 3.63) is 12.1 Å². The van der Waals surface area contributed by atoms with E-state index in [0.29, 0.717) is 0 Å². The van der Waals surface area contributed by atoms with Gasteiger partial charge in [-0.15, -0.1) is 12.1 Å². The summed E-state index contributed by atoms with van der Waals surface area (Å²) < 4.78 is 34.5. The Hall–Kier alpha value is 1.23. The van der Waals surface area contributed by atoms with Gasteiger partial charge in [-0.1, -0.05) is 20.8 Å². The van der Waals surface area contributed by atoms with Crippen LogP contribution in [-0.2, 0) is 0 Å². The van der Waals surface area contributed by atoms with E-state index < -0.39 is 12.4 Å². The maximum Gasteiger partial charge on any atom is 1.00 e. The molecule has 0 saturated heterocycles. The molecule has 5 heteroatoms. The Labute approximate surface area is 108 Å². The molecule has 0 fully saturated rings. The Morgan fingerprint density at radius 3 is 1.64 bits per heavy atom. The first-order chi connectivity index (χ1) is 4.21. The van der Waals surface area contributed by atoms with Gasteiger partial charge in [-0.05, 0) is 5.41 Å². The van der Waals surface area contributed by atoms with Crippen molar-refractivity contribution in [2.45, 2.75) is 20.8 Å². The summed E-state index contributed by atoms with van der Waals surface area (Å²) in [6.07, 6.45) is 1.05. The second-order valence-corrected chi connectivity index (χ2v) is 3.25. The quantitative estimate of drug-likeness (QED) is 0.500. The number of halogens is 3. The standard InChI is InChI=1S/C6H10BF3.K/c1-6(2,3)4-5-7(8,9)10;/h4H,1-3H3;/q-1;+1. The van der Waals surface area contributed by atoms with Gasteiger partial charge < -0.3 is 12.9 Å². The Kier molecular flexibility index (Phi) is 6.79. The van der Waals surface area contributed by atoms with Gasteiger partial charge in [0.25, 0.3) is 0 Å². The molecule has 1 radical (unpaired) electrons. The van der Waals surface area contributed by atoms with Crippen LogP contribution in [0.3, 0.4) is 0 Å². The van der Waals surface area contributed by atoms with Gasteiger partial charge in [-0.25, -0.2) is 0 Å². The third-order valence-corrected chi connectivity index (χ3v) is 0.705. The molecule has 0 N–H and O–H groups in total. The van der Waals surface area contributed by atoms with Crippen molar-refractivity contribution in [1.29, 1.82) is 0 Å². The molecule has 0 rings (SSSR count). The molecule has 0 nitrogen and oxygen atoms in total. The fourth-order valence-corrected chi connectivity index (χ4v) is 0.344. The summed E-state index contributed by atoms with van der Waals surface area (Å²) in [6.45, 7) is 0.217. The molecule has 0 aromatic rings. The van der Waals surface area contributed by atoms with Crippen molar-refractivity contribution >= 4 is 6.98 Å². The fourth-order valence-electron chi connectivity index (χ4n) is 0.344. The van der Waals surface area contributed by atoms with E-state index in [0.717, 1.165) is 6.08 Å². The third kappa shape index (κ3) is 14.1. The average molecular weight is 189 g/mol. The first-order valence-electron chi connectivity index (χ1n) is 3.02. The van der Waals surface area contributed by atoms with E-state index in [1.54, 1.807) is 20.8 Å². The topological polar surface area (TPSA) is 0 Å². The van der Waals surface area contributed by atoms with Crippen molar-refractivity contribution in [3.63, 3.8) is 0 Å². The van der Waals surface area contributed by atoms with E-state index in [-0.39, 0.29) is 51.4 Å². The summed E-state index contributed by atoms with van der Waals surface area (Å²) in [5.41, 5.74) is -0.433. The minimum atomic E-state index is -4.87. The van der Waals surface area contributed by atoms with E-state index in [1.165, 1.54) is 5.98 Å². The molecule has 0 aliphatic carbocycles. The number of hydrogen-bond donors (Lipinski definition) is 0. The van der Waals surface area contributed by atoms with Crippen LogP contribution >= 0.6 is 0 Å². The van der Waals surface area contributed by atoms with Gasteiger partial charge in [0.15, 0.2) is 0 Å². The molecule has 0 aromatic carbocycles. The van der Waals surface area contributed by atoms with Crippen molar-refractivity contribution in [1.82, 2.24) is 0 Å². The molecule has 0 heterocycles. The van der Waals surface area contributed by atoms with Gasteiger partial charge >= 0.3 is 58.4 Å². The van der Waals surface area contributed by atoms with E-state index in [2.05, 4.69) is 0 Å². The van der Waals surface area contributed by atoms with Gasteiger partial charge in [-0.2, -0.15) is 0 Å². The van der Waals surface area contributed by atoms with E-state index >= 15 is 0 Å². The van der Waals surface area contributed by atoms with Crippen LogP contribution < -0.4 is 51.4 Å². The summed E-state index contributed by atoms with van der Waals surface area (Å²) >= 11 is 0. The van der Waals surface area contributed by atoms with Gasteiger partial charge in [-0.3, -0.25) is 0 Å². The zero-order valence-corrected chi connectivity index (χ0v) is 10.4. The molecule has 0 bridgehead atoms. The Morgan fingerprint density at radius 1 is 1.18 bits per heavy atom. The van der Waals surface area contributed by atoms with Crippen LogP contribution in [0.25, 0.3) is 0 Å². The first-order valence-corrected chi connectivity index (χ1v) is 3.02. The summed E-state index contributed by atoms with van der Waals surface area (Å²) in [5.74, 6) is 1.40. The van der Waals surface area contributed by atoms with Gasteiger partial charge in [0.1, 0.15) is 0 Å². The second-order valence-electron chi connectivity index (χ2n) is 3.25. The molecule has 0 spiro atoms. The molecule has 0 unspecified atom stereocenters. The van der Waals surface area contributed by atoms with Crippen LogP contribution in [0.4, 0.5) is 12.9 Å². The molecule has 0 amide bonds. The second kappa shape index (κ2) is 5.07. The average Bonchev–Trinajstić information content (AvgIpc) is 1.57. The van der Waals surface area contributed by atoms with Crippen LogP contribution in [0.5, 0.6) is 0 Å². The molecule has 0 atom stereocenters. The van der Waals surface area contributed by atoms with E-state index in [4.69, 9.17) is 0 Å². The van der Waals surface area contributed by atoms with Crippen LogP contribution in [0.2, 0.25) is 0 Å². The van der Waals surface area contributed by atoms with Gasteiger partial charge in [0, 0.05) is 0 Å². The molecule has 0 aliphatic heterocycles. The van der Waals surface area contributed by atoms with Crippen LogP contribution in [0.1, 0.15) is 20.8 Å². The molecule has 0 aromatic heterocycles. The molecular weight excluding hydrogens is 179 g/mol. The zero-order valence-electron chi connectivity index (χ0n) is 7.29. The number of allylic oxidation sites excluding steroid dienone is 1. The number of rotatable bonds is 1. The molecule has 59 valence electrons. The minimum absolute atomic E-state index is 0. The maximum atomic E-state index is 11.5. The maximum absolute atomic E-state index is 11.5. The predicted molar refractivity (Wildman–Crippen MR) is 36.3 cm³/mol. The Morgan fingerprint density at radius 2 is 1.55 bits per heavy atom. The van der Waals surface area contributed by atoms with Crippen LogP contribution in [0, 0.1) is 11.4 Å². The first kappa shape index (κ1) is 14.7. The minimum Gasteiger partial charge on any atom is -0.445 e. The summed E-state index contributed by atoms with van der Waals surface area (Å²) in [4.78, 5) is 0. The monoisotopic (exact) mass is 189 g/mol. The fraction of sp³-hybridized carbons (Fsp3) is 0.667. The van der Waals surface area contributed by atoms with Crippen LogP contribution in [0.15, 0.2) is 6.08 Å². The SMILES string of the molecule is CC(C)(C)C=[C][B-](F)(F)F.[K+]. The molecule has 11 heavy (non-hydrogen) atoms. The zero-order chi connectivity index (χ0) is 8.41. The Balaban J connectivity index is 0. The summed E-state index contributed by atoms with van der Waals surface area (Å²) in [5, 5.41) is 0. The number of hydrogen-bond acceptors (Lipinski definition) is 0. The van der Waals surface area contributed by atoms with Crippen molar-refractivity contribution in [3.8, 4) is 0 Å². The largest absolute Gasteiger partial charge is 1.00 e.